The van der Waals surface area contributed by atoms with Crippen molar-refractivity contribution in [2.75, 3.05) is 12.4 Å². The van der Waals surface area contributed by atoms with Gasteiger partial charge >= 0.3 is 0 Å². The quantitative estimate of drug-likeness (QED) is 0.636. The molecule has 1 aromatic rings. The Hall–Kier alpha value is -0.830. The van der Waals surface area contributed by atoms with Crippen LogP contribution in [-0.2, 0) is 0 Å². The van der Waals surface area contributed by atoms with Crippen molar-refractivity contribution in [2.45, 2.75) is 0 Å². The molecule has 0 atom stereocenters. The molecule has 0 saturated heterocycles. The Bertz CT molecular complexity index is 187. The Morgan fingerprint density at radius 3 is 2.60 bits per heavy atom. The van der Waals surface area contributed by atoms with Gasteiger partial charge in [-0.3, -0.25) is 0 Å². The Morgan fingerprint density at radius 2 is 2.20 bits per heavy atom. The molecule has 1 rings (SSSR count). The third-order valence-corrected chi connectivity index (χ3v) is 1.02. The summed E-state index contributed by atoms with van der Waals surface area (Å²) in [6, 6.07) is 2.94. The molecule has 0 amide bonds. The first-order chi connectivity index (χ1) is 4.33. The zero-order chi connectivity index (χ0) is 6.69. The summed E-state index contributed by atoms with van der Waals surface area (Å²) in [6.07, 6.45) is 1.44. The van der Waals surface area contributed by atoms with E-state index in [9.17, 15) is 4.39 Å². The Balaban J connectivity index is 0.000000810. The van der Waals surface area contributed by atoms with E-state index >= 15 is 0 Å². The maximum Gasteiger partial charge on any atom is 0.212 e. The molecule has 56 valence electrons. The maximum atomic E-state index is 12.1. The van der Waals surface area contributed by atoms with Crippen LogP contribution in [0, 0.1) is 5.95 Å². The predicted molar refractivity (Wildman–Crippen MR) is 41.0 cm³/mol. The Labute approximate surface area is 64.9 Å². The summed E-state index contributed by atoms with van der Waals surface area (Å²) in [5, 5.41) is 2.82. The number of nitrogens with zero attached hydrogens (tertiary/aromatic N) is 1. The molecule has 1 N–H and O–H groups in total. The minimum Gasteiger partial charge on any atom is -0.387 e. The minimum atomic E-state index is -0.450. The first kappa shape index (κ1) is 9.17. The van der Waals surface area contributed by atoms with Gasteiger partial charge in [-0.15, -0.1) is 12.4 Å². The molecule has 4 heteroatoms. The van der Waals surface area contributed by atoms with Crippen molar-refractivity contribution in [1.82, 2.24) is 4.98 Å². The smallest absolute Gasteiger partial charge is 0.212 e. The molecule has 0 radical (unpaired) electrons. The summed E-state index contributed by atoms with van der Waals surface area (Å²) in [6.45, 7) is 0. The molecule has 0 saturated carbocycles. The molecule has 0 aliphatic heterocycles. The monoisotopic (exact) mass is 162 g/mol. The molecule has 0 spiro atoms. The molecule has 0 unspecified atom stereocenters. The van der Waals surface area contributed by atoms with Crippen LogP contribution < -0.4 is 5.32 Å². The zero-order valence-corrected chi connectivity index (χ0v) is 6.28. The average Bonchev–Trinajstić information content (AvgIpc) is 1.90. The molecule has 0 fully saturated rings. The van der Waals surface area contributed by atoms with E-state index in [1.165, 1.54) is 12.3 Å². The molecular formula is C6H8ClFN2. The van der Waals surface area contributed by atoms with Gasteiger partial charge in [-0.1, -0.05) is 0 Å². The van der Waals surface area contributed by atoms with Gasteiger partial charge in [0.1, 0.15) is 0 Å². The number of halogens is 2. The lowest BCUT2D eigenvalue weighted by Gasteiger charge is -1.94. The number of aromatic nitrogens is 1. The predicted octanol–water partition coefficient (Wildman–Crippen LogP) is 1.68. The number of anilines is 1. The van der Waals surface area contributed by atoms with Crippen molar-refractivity contribution < 1.29 is 4.39 Å². The molecule has 10 heavy (non-hydrogen) atoms. The van der Waals surface area contributed by atoms with Crippen LogP contribution in [0.1, 0.15) is 0 Å². The van der Waals surface area contributed by atoms with Crippen molar-refractivity contribution in [3.05, 3.63) is 24.3 Å². The summed E-state index contributed by atoms with van der Waals surface area (Å²) in [7, 11) is 1.76. The highest BCUT2D eigenvalue weighted by Gasteiger charge is 1.88. The third kappa shape index (κ3) is 2.19. The number of nitrogens with one attached hydrogen (secondary N) is 1. The van der Waals surface area contributed by atoms with Gasteiger partial charge in [0.05, 0.1) is 11.9 Å². The Kier molecular flexibility index (Phi) is 3.72. The van der Waals surface area contributed by atoms with Crippen LogP contribution in [-0.4, -0.2) is 12.0 Å². The molecule has 0 aliphatic rings. The van der Waals surface area contributed by atoms with Gasteiger partial charge in [-0.25, -0.2) is 4.98 Å². The van der Waals surface area contributed by atoms with Gasteiger partial charge in [0, 0.05) is 7.05 Å². The third-order valence-electron chi connectivity index (χ3n) is 1.02. The van der Waals surface area contributed by atoms with Crippen LogP contribution in [0.15, 0.2) is 18.3 Å². The van der Waals surface area contributed by atoms with Crippen LogP contribution >= 0.6 is 12.4 Å². The van der Waals surface area contributed by atoms with Crippen LogP contribution in [0.3, 0.4) is 0 Å². The van der Waals surface area contributed by atoms with E-state index in [1.807, 2.05) is 0 Å². The highest BCUT2D eigenvalue weighted by Crippen LogP contribution is 2.02. The number of pyridine rings is 1. The molecule has 0 aliphatic carbocycles. The SMILES string of the molecule is CNc1ccc(F)nc1.Cl. The fourth-order valence-electron chi connectivity index (χ4n) is 0.524. The lowest BCUT2D eigenvalue weighted by molar-refractivity contribution is 0.584. The Morgan fingerprint density at radius 1 is 1.50 bits per heavy atom. The summed E-state index contributed by atoms with van der Waals surface area (Å²) < 4.78 is 12.1. The molecule has 0 aromatic carbocycles. The molecule has 1 heterocycles. The van der Waals surface area contributed by atoms with Gasteiger partial charge in [-0.2, -0.15) is 4.39 Å². The van der Waals surface area contributed by atoms with Gasteiger partial charge in [-0.05, 0) is 12.1 Å². The van der Waals surface area contributed by atoms with E-state index in [4.69, 9.17) is 0 Å². The maximum absolute atomic E-state index is 12.1. The van der Waals surface area contributed by atoms with Crippen molar-refractivity contribution in [3.63, 3.8) is 0 Å². The van der Waals surface area contributed by atoms with Gasteiger partial charge in [0.2, 0.25) is 5.95 Å². The largest absolute Gasteiger partial charge is 0.387 e. The van der Waals surface area contributed by atoms with Crippen LogP contribution in [0.25, 0.3) is 0 Å². The lowest BCUT2D eigenvalue weighted by atomic mass is 10.4. The van der Waals surface area contributed by atoms with Crippen molar-refractivity contribution in [1.29, 1.82) is 0 Å². The second kappa shape index (κ2) is 4.06. The molecule has 1 aromatic heterocycles. The summed E-state index contributed by atoms with van der Waals surface area (Å²) >= 11 is 0. The summed E-state index contributed by atoms with van der Waals surface area (Å²) in [5.74, 6) is -0.450. The van der Waals surface area contributed by atoms with E-state index in [1.54, 1.807) is 13.1 Å². The van der Waals surface area contributed by atoms with Crippen LogP contribution in [0.4, 0.5) is 10.1 Å². The fraction of sp³-hybridized carbons (Fsp3) is 0.167. The number of hydrogen-bond donors (Lipinski definition) is 1. The van der Waals surface area contributed by atoms with Gasteiger partial charge in [0.15, 0.2) is 0 Å². The second-order valence-electron chi connectivity index (χ2n) is 1.62. The minimum absolute atomic E-state index is 0. The van der Waals surface area contributed by atoms with E-state index < -0.39 is 5.95 Å². The number of hydrogen-bond acceptors (Lipinski definition) is 2. The topological polar surface area (TPSA) is 24.9 Å². The number of rotatable bonds is 1. The highest BCUT2D eigenvalue weighted by molar-refractivity contribution is 5.85. The van der Waals surface area contributed by atoms with E-state index in [0.717, 1.165) is 5.69 Å². The molecule has 0 bridgehead atoms. The van der Waals surface area contributed by atoms with Crippen molar-refractivity contribution in [2.24, 2.45) is 0 Å². The van der Waals surface area contributed by atoms with Crippen molar-refractivity contribution >= 4 is 18.1 Å². The molecule has 2 nitrogen and oxygen atoms in total. The van der Waals surface area contributed by atoms with E-state index in [2.05, 4.69) is 10.3 Å². The lowest BCUT2D eigenvalue weighted by Crippen LogP contribution is -1.89. The normalized spacial score (nSPS) is 8.20. The van der Waals surface area contributed by atoms with Crippen molar-refractivity contribution in [3.8, 4) is 0 Å². The summed E-state index contributed by atoms with van der Waals surface area (Å²) in [5.41, 5.74) is 0.816. The average molecular weight is 163 g/mol. The highest BCUT2D eigenvalue weighted by atomic mass is 35.5. The van der Waals surface area contributed by atoms with Crippen LogP contribution in [0.2, 0.25) is 0 Å². The van der Waals surface area contributed by atoms with E-state index in [-0.39, 0.29) is 12.4 Å². The first-order valence-electron chi connectivity index (χ1n) is 2.62. The zero-order valence-electron chi connectivity index (χ0n) is 5.47. The molecular weight excluding hydrogens is 155 g/mol. The van der Waals surface area contributed by atoms with Gasteiger partial charge < -0.3 is 5.32 Å². The standard InChI is InChI=1S/C6H7FN2.ClH/c1-8-5-2-3-6(7)9-4-5;/h2-4,8H,1H3;1H. The van der Waals surface area contributed by atoms with Crippen LogP contribution in [0.5, 0.6) is 0 Å². The first-order valence-corrected chi connectivity index (χ1v) is 2.62. The van der Waals surface area contributed by atoms with Gasteiger partial charge in [0.25, 0.3) is 0 Å². The fourth-order valence-corrected chi connectivity index (χ4v) is 0.524. The summed E-state index contributed by atoms with van der Waals surface area (Å²) in [4.78, 5) is 3.42. The second-order valence-corrected chi connectivity index (χ2v) is 1.62. The van der Waals surface area contributed by atoms with E-state index in [0.29, 0.717) is 0 Å².